The summed E-state index contributed by atoms with van der Waals surface area (Å²) >= 11 is 7.54. The van der Waals surface area contributed by atoms with Crippen LogP contribution in [0.5, 0.6) is 5.75 Å². The van der Waals surface area contributed by atoms with Crippen molar-refractivity contribution < 1.29 is 4.74 Å². The molecule has 1 heterocycles. The number of aliphatic imine (C=N–C) groups is 1. The molecule has 0 bridgehead atoms. The number of anilines is 1. The van der Waals surface area contributed by atoms with Crippen LogP contribution in [0, 0.1) is 0 Å². The molecule has 0 aliphatic carbocycles. The average Bonchev–Trinajstić information content (AvgIpc) is 2.54. The zero-order valence-corrected chi connectivity index (χ0v) is 13.9. The van der Waals surface area contributed by atoms with Crippen molar-refractivity contribution in [1.29, 1.82) is 0 Å². The maximum atomic E-state index is 6.07. The van der Waals surface area contributed by atoms with E-state index in [0.717, 1.165) is 22.7 Å². The van der Waals surface area contributed by atoms with E-state index >= 15 is 0 Å². The summed E-state index contributed by atoms with van der Waals surface area (Å²) in [6, 6.07) is 11.9. The zero-order chi connectivity index (χ0) is 15.5. The van der Waals surface area contributed by atoms with Gasteiger partial charge in [0, 0.05) is 16.8 Å². The number of rotatable bonds is 3. The molecule has 0 saturated heterocycles. The topological polar surface area (TPSA) is 45.7 Å². The summed E-state index contributed by atoms with van der Waals surface area (Å²) in [7, 11) is 1.62. The van der Waals surface area contributed by atoms with Crippen LogP contribution in [-0.4, -0.2) is 13.1 Å². The Bertz CT molecular complexity index is 733. The van der Waals surface area contributed by atoms with E-state index in [2.05, 4.69) is 34.1 Å². The highest BCUT2D eigenvalue weighted by Crippen LogP contribution is 2.41. The van der Waals surface area contributed by atoms with Crippen molar-refractivity contribution in [3.05, 3.63) is 47.0 Å². The minimum atomic E-state index is 0.632. The maximum absolute atomic E-state index is 6.07. The van der Waals surface area contributed by atoms with Crippen molar-refractivity contribution in [2.24, 2.45) is 4.99 Å². The van der Waals surface area contributed by atoms with Crippen molar-refractivity contribution in [2.75, 3.05) is 12.4 Å². The van der Waals surface area contributed by atoms with Crippen molar-refractivity contribution in [3.8, 4) is 5.75 Å². The third kappa shape index (κ3) is 3.15. The molecular formula is C16H16ClN3OS. The molecule has 0 unspecified atom stereocenters. The number of nitrogens with zero attached hydrogens (tertiary/aromatic N) is 1. The van der Waals surface area contributed by atoms with Gasteiger partial charge < -0.3 is 10.1 Å². The number of methoxy groups -OCH3 is 1. The van der Waals surface area contributed by atoms with Gasteiger partial charge in [-0.3, -0.25) is 4.72 Å². The second kappa shape index (κ2) is 6.50. The number of aryl methyl sites for hydroxylation is 1. The molecule has 4 nitrogen and oxygen atoms in total. The quantitative estimate of drug-likeness (QED) is 0.804. The Hall–Kier alpha value is -1.85. The molecule has 0 fully saturated rings. The summed E-state index contributed by atoms with van der Waals surface area (Å²) in [6.07, 6.45) is 0.999. The smallest absolute Gasteiger partial charge is 0.211 e. The molecule has 2 N–H and O–H groups in total. The predicted octanol–water partition coefficient (Wildman–Crippen LogP) is 4.62. The van der Waals surface area contributed by atoms with Gasteiger partial charge in [-0.15, -0.1) is 0 Å². The standard InChI is InChI=1S/C16H16ClN3OS/c1-3-10-5-4-6-12(7-10)18-16-19-15-13(21-2)8-11(17)9-14(15)22-20-16/h4-9H,3H2,1-2H3,(H2,18,19,20). The highest BCUT2D eigenvalue weighted by atomic mass is 35.5. The van der Waals surface area contributed by atoms with E-state index < -0.39 is 0 Å². The third-order valence-electron chi connectivity index (χ3n) is 3.30. The number of halogens is 1. The average molecular weight is 334 g/mol. The highest BCUT2D eigenvalue weighted by Gasteiger charge is 2.18. The Morgan fingerprint density at radius 3 is 2.95 bits per heavy atom. The summed E-state index contributed by atoms with van der Waals surface area (Å²) in [4.78, 5) is 5.54. The van der Waals surface area contributed by atoms with Crippen LogP contribution in [0.3, 0.4) is 0 Å². The second-order valence-corrected chi connectivity index (χ2v) is 6.08. The summed E-state index contributed by atoms with van der Waals surface area (Å²) in [5.74, 6) is 1.34. The Kier molecular flexibility index (Phi) is 4.45. The van der Waals surface area contributed by atoms with E-state index in [1.807, 2.05) is 18.2 Å². The van der Waals surface area contributed by atoms with Crippen molar-refractivity contribution in [1.82, 2.24) is 4.72 Å². The Morgan fingerprint density at radius 2 is 2.18 bits per heavy atom. The van der Waals surface area contributed by atoms with E-state index in [1.54, 1.807) is 13.2 Å². The molecular weight excluding hydrogens is 318 g/mol. The van der Waals surface area contributed by atoms with Gasteiger partial charge in [0.05, 0.1) is 12.0 Å². The molecule has 2 aromatic rings. The van der Waals surface area contributed by atoms with Crippen molar-refractivity contribution in [3.63, 3.8) is 0 Å². The summed E-state index contributed by atoms with van der Waals surface area (Å²) in [5, 5.41) is 3.92. The summed E-state index contributed by atoms with van der Waals surface area (Å²) in [5.41, 5.74) is 3.06. The lowest BCUT2D eigenvalue weighted by atomic mass is 10.1. The van der Waals surface area contributed by atoms with Gasteiger partial charge in [0.15, 0.2) is 0 Å². The normalized spacial score (nSPS) is 13.0. The molecule has 0 atom stereocenters. The maximum Gasteiger partial charge on any atom is 0.211 e. The fourth-order valence-electron chi connectivity index (χ4n) is 2.19. The predicted molar refractivity (Wildman–Crippen MR) is 93.5 cm³/mol. The zero-order valence-electron chi connectivity index (χ0n) is 12.3. The number of nitrogens with one attached hydrogen (secondary N) is 2. The molecule has 114 valence electrons. The lowest BCUT2D eigenvalue weighted by Gasteiger charge is -2.19. The van der Waals surface area contributed by atoms with E-state index in [9.17, 15) is 0 Å². The highest BCUT2D eigenvalue weighted by molar-refractivity contribution is 7.98. The van der Waals surface area contributed by atoms with Gasteiger partial charge >= 0.3 is 0 Å². The first kappa shape index (κ1) is 15.1. The van der Waals surface area contributed by atoms with Crippen LogP contribution in [0.1, 0.15) is 12.5 Å². The number of ether oxygens (including phenoxy) is 1. The number of benzene rings is 2. The Labute approximate surface area is 139 Å². The molecule has 0 aromatic heterocycles. The summed E-state index contributed by atoms with van der Waals surface area (Å²) < 4.78 is 8.55. The van der Waals surface area contributed by atoms with Gasteiger partial charge in [0.2, 0.25) is 5.96 Å². The lowest BCUT2D eigenvalue weighted by molar-refractivity contribution is 0.415. The van der Waals surface area contributed by atoms with Crippen LogP contribution in [0.4, 0.5) is 11.4 Å². The minimum absolute atomic E-state index is 0.632. The van der Waals surface area contributed by atoms with Crippen LogP contribution < -0.4 is 14.8 Å². The van der Waals surface area contributed by atoms with E-state index in [0.29, 0.717) is 16.7 Å². The first-order chi connectivity index (χ1) is 10.7. The molecule has 3 rings (SSSR count). The molecule has 1 aliphatic heterocycles. The molecule has 0 amide bonds. The van der Waals surface area contributed by atoms with Crippen molar-refractivity contribution >= 4 is 40.9 Å². The molecule has 0 saturated carbocycles. The number of hydrogen-bond donors (Lipinski definition) is 2. The van der Waals surface area contributed by atoms with Crippen LogP contribution in [-0.2, 0) is 6.42 Å². The summed E-state index contributed by atoms with van der Waals surface area (Å²) in [6.45, 7) is 2.14. The van der Waals surface area contributed by atoms with Crippen LogP contribution in [0.25, 0.3) is 0 Å². The van der Waals surface area contributed by atoms with Gasteiger partial charge in [0.25, 0.3) is 0 Å². The molecule has 0 spiro atoms. The molecule has 6 heteroatoms. The number of fused-ring (bicyclic) bond motifs is 1. The molecule has 0 radical (unpaired) electrons. The fourth-order valence-corrected chi connectivity index (χ4v) is 3.20. The van der Waals surface area contributed by atoms with Crippen LogP contribution >= 0.6 is 23.5 Å². The lowest BCUT2D eigenvalue weighted by Crippen LogP contribution is -2.27. The fraction of sp³-hybridized carbons (Fsp3) is 0.188. The number of hydrogen-bond acceptors (Lipinski definition) is 5. The van der Waals surface area contributed by atoms with E-state index in [4.69, 9.17) is 16.3 Å². The van der Waals surface area contributed by atoms with Gasteiger partial charge in [-0.1, -0.05) is 30.7 Å². The third-order valence-corrected chi connectivity index (χ3v) is 4.35. The Morgan fingerprint density at radius 1 is 1.32 bits per heavy atom. The largest absolute Gasteiger partial charge is 0.494 e. The van der Waals surface area contributed by atoms with Gasteiger partial charge in [-0.25, -0.2) is 4.99 Å². The molecule has 2 aromatic carbocycles. The van der Waals surface area contributed by atoms with E-state index in [1.165, 1.54) is 17.5 Å². The minimum Gasteiger partial charge on any atom is -0.494 e. The van der Waals surface area contributed by atoms with Crippen molar-refractivity contribution in [2.45, 2.75) is 18.2 Å². The monoisotopic (exact) mass is 333 g/mol. The first-order valence-corrected chi connectivity index (χ1v) is 8.14. The molecule has 1 aliphatic rings. The number of guanidine groups is 1. The second-order valence-electron chi connectivity index (χ2n) is 4.80. The molecule has 22 heavy (non-hydrogen) atoms. The van der Waals surface area contributed by atoms with Crippen LogP contribution in [0.2, 0.25) is 5.02 Å². The van der Waals surface area contributed by atoms with Gasteiger partial charge in [-0.2, -0.15) is 0 Å². The first-order valence-electron chi connectivity index (χ1n) is 6.94. The van der Waals surface area contributed by atoms with Crippen LogP contribution in [0.15, 0.2) is 46.3 Å². The van der Waals surface area contributed by atoms with Gasteiger partial charge in [0.1, 0.15) is 11.4 Å². The Balaban J connectivity index is 1.90. The SMILES string of the molecule is CCc1cccc(NC2=Nc3c(OC)cc(Cl)cc3SN2)c1. The van der Waals surface area contributed by atoms with E-state index in [-0.39, 0.29) is 0 Å². The van der Waals surface area contributed by atoms with Gasteiger partial charge in [-0.05, 0) is 42.1 Å².